The molecule has 3 aromatic rings. The highest BCUT2D eigenvalue weighted by molar-refractivity contribution is 14.2. The highest BCUT2D eigenvalue weighted by atomic mass is 127. The smallest absolute Gasteiger partial charge is 0.332 e. The van der Waals surface area contributed by atoms with E-state index in [4.69, 9.17) is 16.1 Å². The number of aryl methyl sites for hydroxylation is 1. The number of halogens is 2. The Hall–Kier alpha value is -0.870. The third-order valence-corrected chi connectivity index (χ3v) is 6.77. The zero-order valence-corrected chi connectivity index (χ0v) is 20.8. The topological polar surface area (TPSA) is 71.1 Å². The molecule has 1 aromatic carbocycles. The summed E-state index contributed by atoms with van der Waals surface area (Å²) in [5.41, 5.74) is 1.18. The average molecular weight is 567 g/mol. The summed E-state index contributed by atoms with van der Waals surface area (Å²) in [6, 6.07) is 7.50. The van der Waals surface area contributed by atoms with Crippen LogP contribution in [0.3, 0.4) is 0 Å². The van der Waals surface area contributed by atoms with E-state index in [0.29, 0.717) is 48.8 Å². The van der Waals surface area contributed by atoms with Crippen molar-refractivity contribution < 1.29 is 4.52 Å². The Morgan fingerprint density at radius 1 is 1.24 bits per heavy atom. The maximum atomic E-state index is 13.3. The van der Waals surface area contributed by atoms with Crippen LogP contribution in [0.15, 0.2) is 39.0 Å². The lowest BCUT2D eigenvalue weighted by Gasteiger charge is -2.11. The minimum atomic E-state index is -0.358. The molecule has 156 valence electrons. The van der Waals surface area contributed by atoms with Crippen molar-refractivity contribution in [3.63, 3.8) is 0 Å². The normalized spacial score (nSPS) is 11.9. The van der Waals surface area contributed by atoms with Gasteiger partial charge in [0, 0.05) is 18.6 Å². The molecule has 11 heteroatoms. The van der Waals surface area contributed by atoms with Gasteiger partial charge in [-0.05, 0) is 51.9 Å². The molecule has 0 N–H and O–H groups in total. The predicted octanol–water partition coefficient (Wildman–Crippen LogP) is 4.06. The van der Waals surface area contributed by atoms with Crippen molar-refractivity contribution in [2.24, 2.45) is 7.05 Å². The summed E-state index contributed by atoms with van der Waals surface area (Å²) >= 11 is 9.69. The largest absolute Gasteiger partial charge is 0.352 e. The molecule has 0 bridgehead atoms. The molecule has 29 heavy (non-hydrogen) atoms. The predicted molar refractivity (Wildman–Crippen MR) is 129 cm³/mol. The zero-order valence-electron chi connectivity index (χ0n) is 16.0. The van der Waals surface area contributed by atoms with Gasteiger partial charge in [-0.3, -0.25) is 13.9 Å². The molecule has 0 spiro atoms. The molecular weight excluding hydrogens is 546 g/mol. The second-order valence-corrected chi connectivity index (χ2v) is 9.72. The number of rotatable bonds is 9. The number of thioether (sulfide) groups is 1. The van der Waals surface area contributed by atoms with Gasteiger partial charge in [-0.25, -0.2) is 9.78 Å². The summed E-state index contributed by atoms with van der Waals surface area (Å²) in [6.45, 7) is 3.68. The van der Waals surface area contributed by atoms with E-state index < -0.39 is 0 Å². The highest BCUT2D eigenvalue weighted by Gasteiger charge is 2.20. The molecule has 0 aliphatic carbocycles. The van der Waals surface area contributed by atoms with E-state index in [9.17, 15) is 9.59 Å². The van der Waals surface area contributed by atoms with E-state index >= 15 is 0 Å². The maximum absolute atomic E-state index is 13.3. The van der Waals surface area contributed by atoms with Crippen molar-refractivity contribution in [3.8, 4) is 0 Å². The van der Waals surface area contributed by atoms with Crippen molar-refractivity contribution in [1.82, 2.24) is 18.7 Å². The second kappa shape index (κ2) is 10.4. The number of hydrogen-bond acceptors (Lipinski definition) is 5. The van der Waals surface area contributed by atoms with Gasteiger partial charge >= 0.3 is 5.69 Å². The van der Waals surface area contributed by atoms with Crippen LogP contribution in [0.2, 0.25) is 5.02 Å². The highest BCUT2D eigenvalue weighted by Crippen LogP contribution is 2.23. The van der Waals surface area contributed by atoms with E-state index in [1.165, 1.54) is 9.13 Å². The van der Waals surface area contributed by atoms with E-state index in [1.54, 1.807) is 18.8 Å². The Balaban J connectivity index is 2.13. The van der Waals surface area contributed by atoms with E-state index in [-0.39, 0.29) is 11.2 Å². The van der Waals surface area contributed by atoms with Gasteiger partial charge in [0.05, 0.1) is 19.6 Å². The summed E-state index contributed by atoms with van der Waals surface area (Å²) in [4.78, 5) is 30.6. The van der Waals surface area contributed by atoms with Crippen LogP contribution in [0.5, 0.6) is 0 Å². The van der Waals surface area contributed by atoms with E-state index in [1.807, 2.05) is 35.8 Å². The Bertz CT molecular complexity index is 1110. The zero-order chi connectivity index (χ0) is 21.0. The fraction of sp³-hybridized carbons (Fsp3) is 0.389. The summed E-state index contributed by atoms with van der Waals surface area (Å²) in [5.74, 6) is 0.806. The lowest BCUT2D eigenvalue weighted by Crippen LogP contribution is -2.40. The van der Waals surface area contributed by atoms with Crippen molar-refractivity contribution in [2.75, 3.05) is 12.4 Å². The number of fused-ring (bicyclic) bond motifs is 1. The van der Waals surface area contributed by atoms with Gasteiger partial charge in [0.15, 0.2) is 16.3 Å². The van der Waals surface area contributed by atoms with Gasteiger partial charge in [0.25, 0.3) is 5.56 Å². The van der Waals surface area contributed by atoms with Gasteiger partial charge in [-0.1, -0.05) is 42.4 Å². The van der Waals surface area contributed by atoms with E-state index in [2.05, 4.69) is 27.0 Å². The Morgan fingerprint density at radius 3 is 2.62 bits per heavy atom. The molecule has 0 fully saturated rings. The van der Waals surface area contributed by atoms with E-state index in [0.717, 1.165) is 16.5 Å². The SMILES string of the molecule is CCSc1nc2c(c(=O)n(CCCOPI)c(=O)n2C)n1Cc1ccc(Cl)cc1. The van der Waals surface area contributed by atoms with Gasteiger partial charge in [0.2, 0.25) is 0 Å². The summed E-state index contributed by atoms with van der Waals surface area (Å²) < 4.78 is 9.99. The fourth-order valence-corrected chi connectivity index (χ4v) is 4.77. The van der Waals surface area contributed by atoms with Crippen LogP contribution in [0.4, 0.5) is 0 Å². The van der Waals surface area contributed by atoms with Crippen LogP contribution in [-0.2, 0) is 24.7 Å². The third kappa shape index (κ3) is 5.07. The standard InChI is InChI=1S/C18H21ClIN4O3PS/c1-3-29-17-21-15-14(24(17)11-12-5-7-13(19)8-6-12)16(25)23(18(26)22(15)2)9-4-10-27-28-20/h5-8,28H,3-4,9-11H2,1-2H3. The molecule has 2 heterocycles. The van der Waals surface area contributed by atoms with Crippen molar-refractivity contribution in [2.45, 2.75) is 31.6 Å². The monoisotopic (exact) mass is 566 g/mol. The number of hydrogen-bond donors (Lipinski definition) is 0. The lowest BCUT2D eigenvalue weighted by atomic mass is 10.2. The van der Waals surface area contributed by atoms with Gasteiger partial charge in [0.1, 0.15) is 0 Å². The van der Waals surface area contributed by atoms with Crippen molar-refractivity contribution >= 4 is 63.0 Å². The first-order valence-corrected chi connectivity index (χ1v) is 14.4. The number of nitrogens with zero attached hydrogens (tertiary/aromatic N) is 4. The second-order valence-electron chi connectivity index (χ2n) is 6.29. The molecule has 0 radical (unpaired) electrons. The van der Waals surface area contributed by atoms with Crippen molar-refractivity contribution in [1.29, 1.82) is 0 Å². The van der Waals surface area contributed by atoms with Crippen LogP contribution in [0.25, 0.3) is 11.2 Å². The molecule has 7 nitrogen and oxygen atoms in total. The number of benzene rings is 1. The van der Waals surface area contributed by atoms with Crippen LogP contribution in [-0.4, -0.2) is 31.0 Å². The molecule has 2 aromatic heterocycles. The molecule has 0 saturated heterocycles. The first kappa shape index (κ1) is 22.8. The van der Waals surface area contributed by atoms with Crippen LogP contribution < -0.4 is 11.2 Å². The summed E-state index contributed by atoms with van der Waals surface area (Å²) in [5, 5.41) is 1.38. The first-order chi connectivity index (χ1) is 14.0. The van der Waals surface area contributed by atoms with Gasteiger partial charge in [-0.15, -0.1) is 0 Å². The number of aromatic nitrogens is 4. The summed E-state index contributed by atoms with van der Waals surface area (Å²) in [7, 11) is 1.66. The average Bonchev–Trinajstić information content (AvgIpc) is 3.06. The molecule has 0 aliphatic rings. The molecule has 1 atom stereocenters. The Morgan fingerprint density at radius 2 is 1.97 bits per heavy atom. The van der Waals surface area contributed by atoms with Gasteiger partial charge in [-0.2, -0.15) is 0 Å². The summed E-state index contributed by atoms with van der Waals surface area (Å²) in [6.07, 6.45) is 0.596. The lowest BCUT2D eigenvalue weighted by molar-refractivity contribution is 0.344. The quantitative estimate of drug-likeness (QED) is 0.169. The molecule has 0 amide bonds. The Kier molecular flexibility index (Phi) is 8.21. The minimum absolute atomic E-state index is 0.310. The first-order valence-electron chi connectivity index (χ1n) is 9.02. The van der Waals surface area contributed by atoms with Crippen LogP contribution in [0.1, 0.15) is 18.9 Å². The molecule has 1 unspecified atom stereocenters. The van der Waals surface area contributed by atoms with Crippen molar-refractivity contribution in [3.05, 3.63) is 55.7 Å². The Labute approximate surface area is 192 Å². The molecule has 0 saturated carbocycles. The molecule has 3 rings (SSSR count). The minimum Gasteiger partial charge on any atom is -0.352 e. The fourth-order valence-electron chi connectivity index (χ4n) is 3.04. The van der Waals surface area contributed by atoms with Crippen LogP contribution in [0, 0.1) is 0 Å². The molecular formula is C18H21ClIN4O3PS. The molecule has 0 aliphatic heterocycles. The van der Waals surface area contributed by atoms with Gasteiger partial charge < -0.3 is 9.09 Å². The number of imidazole rings is 1. The van der Waals surface area contributed by atoms with Crippen LogP contribution >= 0.6 is 51.9 Å². The third-order valence-electron chi connectivity index (χ3n) is 4.41. The maximum Gasteiger partial charge on any atom is 0.332 e.